The van der Waals surface area contributed by atoms with Crippen LogP contribution in [0, 0.1) is 11.6 Å². The predicted molar refractivity (Wildman–Crippen MR) is 111 cm³/mol. The van der Waals surface area contributed by atoms with Gasteiger partial charge >= 0.3 is 0 Å². The van der Waals surface area contributed by atoms with E-state index in [0.717, 1.165) is 29.6 Å². The molecule has 7 nitrogen and oxygen atoms in total. The van der Waals surface area contributed by atoms with Gasteiger partial charge in [0.05, 0.1) is 23.7 Å². The monoisotopic (exact) mass is 454 g/mol. The van der Waals surface area contributed by atoms with Crippen LogP contribution in [-0.2, 0) is 27.7 Å². The molecule has 3 atom stereocenters. The van der Waals surface area contributed by atoms with E-state index >= 15 is 0 Å². The van der Waals surface area contributed by atoms with Gasteiger partial charge in [-0.1, -0.05) is 6.92 Å². The second-order valence-corrected chi connectivity index (χ2v) is 10.7. The summed E-state index contributed by atoms with van der Waals surface area (Å²) in [5.74, 6) is -1.06. The molecule has 1 aromatic heterocycles. The van der Waals surface area contributed by atoms with Gasteiger partial charge in [0, 0.05) is 36.8 Å². The lowest BCUT2D eigenvalue weighted by Crippen LogP contribution is -2.48. The van der Waals surface area contributed by atoms with E-state index in [9.17, 15) is 17.2 Å². The minimum Gasteiger partial charge on any atom is -0.370 e. The zero-order valence-corrected chi connectivity index (χ0v) is 18.7. The third-order valence-electron chi connectivity index (χ3n) is 6.12. The van der Waals surface area contributed by atoms with Crippen molar-refractivity contribution in [3.8, 4) is 0 Å². The molecule has 170 valence electrons. The first-order valence-corrected chi connectivity index (χ1v) is 12.2. The molecule has 4 rings (SSSR count). The van der Waals surface area contributed by atoms with E-state index in [-0.39, 0.29) is 28.6 Å². The maximum absolute atomic E-state index is 14.2. The summed E-state index contributed by atoms with van der Waals surface area (Å²) >= 11 is 0. The van der Waals surface area contributed by atoms with Crippen LogP contribution in [0.15, 0.2) is 23.4 Å². The Morgan fingerprint density at radius 1 is 1.29 bits per heavy atom. The molecule has 0 bridgehead atoms. The molecule has 2 aromatic rings. The highest BCUT2D eigenvalue weighted by atomic mass is 32.2. The molecule has 10 heteroatoms. The molecule has 2 aliphatic rings. The highest BCUT2D eigenvalue weighted by Gasteiger charge is 2.39. The van der Waals surface area contributed by atoms with Gasteiger partial charge in [0.2, 0.25) is 15.0 Å². The van der Waals surface area contributed by atoms with Crippen LogP contribution in [0.2, 0.25) is 0 Å². The summed E-state index contributed by atoms with van der Waals surface area (Å²) in [6.07, 6.45) is -0.159. The topological polar surface area (TPSA) is 90.5 Å². The van der Waals surface area contributed by atoms with Crippen molar-refractivity contribution >= 4 is 9.84 Å². The third-order valence-corrected chi connectivity index (χ3v) is 7.73. The van der Waals surface area contributed by atoms with Crippen molar-refractivity contribution in [1.29, 1.82) is 0 Å². The van der Waals surface area contributed by atoms with Crippen molar-refractivity contribution in [3.63, 3.8) is 0 Å². The molecule has 0 aliphatic carbocycles. The summed E-state index contributed by atoms with van der Waals surface area (Å²) in [6.45, 7) is 6.86. The summed E-state index contributed by atoms with van der Waals surface area (Å²) in [5.41, 5.74) is 8.10. The molecule has 0 saturated carbocycles. The van der Waals surface area contributed by atoms with Crippen LogP contribution < -0.4 is 5.73 Å². The smallest absolute Gasteiger partial charge is 0.228 e. The molecule has 31 heavy (non-hydrogen) atoms. The number of ether oxygens (including phenoxy) is 1. The number of aromatic nitrogens is 2. The summed E-state index contributed by atoms with van der Waals surface area (Å²) < 4.78 is 60.4. The maximum atomic E-state index is 14.2. The molecule has 1 aromatic carbocycles. The second kappa shape index (κ2) is 8.23. The Balaban J connectivity index is 1.51. The molecule has 0 amide bonds. The Morgan fingerprint density at radius 3 is 2.68 bits per heavy atom. The number of nitrogens with zero attached hydrogens (tertiary/aromatic N) is 3. The van der Waals surface area contributed by atoms with Crippen molar-refractivity contribution < 1.29 is 21.9 Å². The molecule has 2 aliphatic heterocycles. The Labute approximate surface area is 181 Å². The van der Waals surface area contributed by atoms with Crippen LogP contribution in [-0.4, -0.2) is 47.3 Å². The molecule has 0 spiro atoms. The van der Waals surface area contributed by atoms with Crippen LogP contribution in [0.1, 0.15) is 56.3 Å². The first kappa shape index (κ1) is 22.3. The number of rotatable bonds is 5. The fourth-order valence-electron chi connectivity index (χ4n) is 4.51. The number of sulfone groups is 1. The summed E-state index contributed by atoms with van der Waals surface area (Å²) in [5, 5.41) is 0.132. The van der Waals surface area contributed by atoms with Crippen molar-refractivity contribution in [2.45, 2.75) is 69.7 Å². The molecular formula is C21H28F2N4O3S. The van der Waals surface area contributed by atoms with Crippen molar-refractivity contribution in [2.24, 2.45) is 5.73 Å². The number of imidazole rings is 1. The van der Waals surface area contributed by atoms with Crippen LogP contribution in [0.5, 0.6) is 0 Å². The average molecular weight is 455 g/mol. The SMILES string of the molecule is CCS(=O)(=O)c1nc2c(n1C(C)C)CN([C@H]1CO[C@H](c3cc(F)ccc3F)[C@@H](N)C1)C2. The van der Waals surface area contributed by atoms with E-state index in [1.807, 2.05) is 18.4 Å². The lowest BCUT2D eigenvalue weighted by molar-refractivity contribution is -0.0536. The van der Waals surface area contributed by atoms with Gasteiger partial charge in [-0.3, -0.25) is 4.90 Å². The highest BCUT2D eigenvalue weighted by Crippen LogP contribution is 2.35. The Hall–Kier alpha value is -1.88. The van der Waals surface area contributed by atoms with E-state index in [1.165, 1.54) is 0 Å². The largest absolute Gasteiger partial charge is 0.370 e. The normalized spacial score (nSPS) is 24.7. The van der Waals surface area contributed by atoms with Gasteiger partial charge in [-0.2, -0.15) is 0 Å². The van der Waals surface area contributed by atoms with Gasteiger partial charge in [-0.05, 0) is 38.5 Å². The first-order chi connectivity index (χ1) is 14.6. The molecule has 3 heterocycles. The first-order valence-electron chi connectivity index (χ1n) is 10.5. The third kappa shape index (κ3) is 4.02. The van der Waals surface area contributed by atoms with Crippen molar-refractivity contribution in [3.05, 3.63) is 46.8 Å². The number of halogens is 2. The summed E-state index contributed by atoms with van der Waals surface area (Å²) in [7, 11) is -3.43. The lowest BCUT2D eigenvalue weighted by Gasteiger charge is -2.38. The van der Waals surface area contributed by atoms with Gasteiger partial charge in [0.1, 0.15) is 17.7 Å². The lowest BCUT2D eigenvalue weighted by atomic mass is 9.93. The molecule has 1 saturated heterocycles. The van der Waals surface area contributed by atoms with Crippen molar-refractivity contribution in [1.82, 2.24) is 14.5 Å². The van der Waals surface area contributed by atoms with Crippen LogP contribution in [0.4, 0.5) is 8.78 Å². The van der Waals surface area contributed by atoms with Gasteiger partial charge in [-0.25, -0.2) is 22.2 Å². The van der Waals surface area contributed by atoms with Crippen LogP contribution in [0.3, 0.4) is 0 Å². The molecule has 0 radical (unpaired) electrons. The number of hydrogen-bond donors (Lipinski definition) is 1. The molecule has 2 N–H and O–H groups in total. The minimum absolute atomic E-state index is 0.00265. The van der Waals surface area contributed by atoms with Gasteiger partial charge < -0.3 is 15.0 Å². The second-order valence-electron chi connectivity index (χ2n) is 8.53. The zero-order chi connectivity index (χ0) is 22.5. The number of benzene rings is 1. The number of hydrogen-bond acceptors (Lipinski definition) is 6. The maximum Gasteiger partial charge on any atom is 0.228 e. The van der Waals surface area contributed by atoms with Crippen molar-refractivity contribution in [2.75, 3.05) is 12.4 Å². The Kier molecular flexibility index (Phi) is 5.93. The summed E-state index contributed by atoms with van der Waals surface area (Å²) in [6, 6.07) is 2.73. The fourth-order valence-corrected chi connectivity index (χ4v) is 5.64. The van der Waals surface area contributed by atoms with E-state index < -0.39 is 33.6 Å². The highest BCUT2D eigenvalue weighted by molar-refractivity contribution is 7.91. The molecule has 1 fully saturated rings. The van der Waals surface area contributed by atoms with E-state index in [4.69, 9.17) is 10.5 Å². The molecular weight excluding hydrogens is 426 g/mol. The summed E-state index contributed by atoms with van der Waals surface area (Å²) in [4.78, 5) is 6.64. The zero-order valence-electron chi connectivity index (χ0n) is 17.9. The van der Waals surface area contributed by atoms with Gasteiger partial charge in [0.15, 0.2) is 0 Å². The Morgan fingerprint density at radius 2 is 2.03 bits per heavy atom. The van der Waals surface area contributed by atoms with E-state index in [1.54, 1.807) is 6.92 Å². The van der Waals surface area contributed by atoms with E-state index in [2.05, 4.69) is 9.88 Å². The number of nitrogens with two attached hydrogens (primary N) is 1. The van der Waals surface area contributed by atoms with Gasteiger partial charge in [0.25, 0.3) is 0 Å². The predicted octanol–water partition coefficient (Wildman–Crippen LogP) is 2.71. The Bertz CT molecular complexity index is 1090. The van der Waals surface area contributed by atoms with Gasteiger partial charge in [-0.15, -0.1) is 0 Å². The van der Waals surface area contributed by atoms with E-state index in [0.29, 0.717) is 26.1 Å². The standard InChI is InChI=1S/C21H28F2N4O3S/c1-4-31(28,29)21-25-18-9-26(10-19(18)27(21)12(2)3)14-8-17(24)20(30-11-14)15-7-13(22)5-6-16(15)23/h5-7,12,14,17,20H,4,8-11,24H2,1-3H3/t14-,17+,20-/m1/s1. The quantitative estimate of drug-likeness (QED) is 0.747. The van der Waals surface area contributed by atoms with Crippen LogP contribution >= 0.6 is 0 Å². The van der Waals surface area contributed by atoms with Crippen LogP contribution in [0.25, 0.3) is 0 Å². The number of fused-ring (bicyclic) bond motifs is 1. The molecule has 0 unspecified atom stereocenters. The average Bonchev–Trinajstić information content (AvgIpc) is 3.28. The fraction of sp³-hybridized carbons (Fsp3) is 0.571. The minimum atomic E-state index is -3.43.